The van der Waals surface area contributed by atoms with Gasteiger partial charge in [-0.2, -0.15) is 0 Å². The Kier molecular flexibility index (Phi) is 22.7. The molecule has 0 spiro atoms. The van der Waals surface area contributed by atoms with E-state index in [-0.39, 0.29) is 25.7 Å². The van der Waals surface area contributed by atoms with Crippen LogP contribution in [0.15, 0.2) is 0 Å². The molecule has 7 nitrogen and oxygen atoms in total. The van der Waals surface area contributed by atoms with Crippen molar-refractivity contribution in [3.05, 3.63) is 0 Å². The standard InChI is InChI=1S/C26H54NO6P/c1-4-6-7-8-9-10-11-12-13-14-15-16-17-18-20-31-22-25(33-26(28)19-5-2)23-32-34(29,30)24(3)21-27/h24-25H,4-23,27H2,1-3H3,(H,29,30). The third-order valence-corrected chi connectivity index (χ3v) is 7.89. The third kappa shape index (κ3) is 19.8. The van der Waals surface area contributed by atoms with Gasteiger partial charge in [-0.05, 0) is 19.8 Å². The van der Waals surface area contributed by atoms with E-state index in [1.54, 1.807) is 6.92 Å². The number of nitrogens with two attached hydrogens (primary N) is 1. The van der Waals surface area contributed by atoms with E-state index >= 15 is 0 Å². The quantitative estimate of drug-likeness (QED) is 0.0799. The molecule has 0 rings (SSSR count). The number of esters is 1. The van der Waals surface area contributed by atoms with Crippen LogP contribution in [-0.4, -0.2) is 49.0 Å². The van der Waals surface area contributed by atoms with Crippen LogP contribution in [0, 0.1) is 0 Å². The van der Waals surface area contributed by atoms with Gasteiger partial charge in [0, 0.05) is 19.6 Å². The molecule has 3 atom stereocenters. The Morgan fingerprint density at radius 3 is 1.79 bits per heavy atom. The first-order chi connectivity index (χ1) is 16.4. The van der Waals surface area contributed by atoms with Crippen LogP contribution in [0.1, 0.15) is 124 Å². The van der Waals surface area contributed by atoms with Gasteiger partial charge in [-0.15, -0.1) is 0 Å². The summed E-state index contributed by atoms with van der Waals surface area (Å²) in [5.41, 5.74) is 4.79. The number of carbonyl (C=O) groups is 1. The molecule has 34 heavy (non-hydrogen) atoms. The van der Waals surface area contributed by atoms with Crippen molar-refractivity contribution in [3.63, 3.8) is 0 Å². The molecule has 0 amide bonds. The van der Waals surface area contributed by atoms with Crippen molar-refractivity contribution in [1.29, 1.82) is 0 Å². The minimum atomic E-state index is -3.84. The van der Waals surface area contributed by atoms with Crippen LogP contribution in [0.5, 0.6) is 0 Å². The Morgan fingerprint density at radius 1 is 0.824 bits per heavy atom. The van der Waals surface area contributed by atoms with Gasteiger partial charge in [0.25, 0.3) is 0 Å². The van der Waals surface area contributed by atoms with Crippen LogP contribution in [0.3, 0.4) is 0 Å². The van der Waals surface area contributed by atoms with Crippen molar-refractivity contribution in [2.24, 2.45) is 5.73 Å². The van der Waals surface area contributed by atoms with Crippen LogP contribution >= 0.6 is 7.60 Å². The lowest BCUT2D eigenvalue weighted by Gasteiger charge is -2.22. The van der Waals surface area contributed by atoms with Crippen LogP contribution < -0.4 is 5.73 Å². The van der Waals surface area contributed by atoms with Crippen molar-refractivity contribution >= 4 is 13.6 Å². The minimum absolute atomic E-state index is 0.0453. The summed E-state index contributed by atoms with van der Waals surface area (Å²) < 4.78 is 28.4. The highest BCUT2D eigenvalue weighted by Gasteiger charge is 2.29. The summed E-state index contributed by atoms with van der Waals surface area (Å²) in [6.07, 6.45) is 18.5. The fraction of sp³-hybridized carbons (Fsp3) is 0.962. The molecular formula is C26H54NO6P. The van der Waals surface area contributed by atoms with Gasteiger partial charge in [-0.3, -0.25) is 9.36 Å². The zero-order chi connectivity index (χ0) is 25.5. The van der Waals surface area contributed by atoms with Gasteiger partial charge in [-0.1, -0.05) is 97.3 Å². The second-order valence-electron chi connectivity index (χ2n) is 9.48. The lowest BCUT2D eigenvalue weighted by Crippen LogP contribution is -2.29. The van der Waals surface area contributed by atoms with Gasteiger partial charge in [0.1, 0.15) is 6.10 Å². The maximum atomic E-state index is 12.2. The molecule has 0 aliphatic carbocycles. The van der Waals surface area contributed by atoms with Gasteiger partial charge in [0.15, 0.2) is 0 Å². The number of rotatable bonds is 25. The van der Waals surface area contributed by atoms with Gasteiger partial charge in [0.05, 0.1) is 18.9 Å². The van der Waals surface area contributed by atoms with E-state index in [0.29, 0.717) is 19.4 Å². The summed E-state index contributed by atoms with van der Waals surface area (Å²) in [6.45, 7) is 6.32. The number of unbranched alkanes of at least 4 members (excludes halogenated alkanes) is 13. The second kappa shape index (κ2) is 23.0. The highest BCUT2D eigenvalue weighted by molar-refractivity contribution is 7.53. The molecule has 0 bridgehead atoms. The fourth-order valence-electron chi connectivity index (χ4n) is 3.63. The Bertz CT molecular complexity index is 520. The monoisotopic (exact) mass is 507 g/mol. The maximum absolute atomic E-state index is 12.2. The zero-order valence-corrected chi connectivity index (χ0v) is 23.2. The highest BCUT2D eigenvalue weighted by Crippen LogP contribution is 2.46. The molecular weight excluding hydrogens is 453 g/mol. The smallest absolute Gasteiger partial charge is 0.332 e. The summed E-state index contributed by atoms with van der Waals surface area (Å²) in [7, 11) is -3.84. The van der Waals surface area contributed by atoms with Crippen molar-refractivity contribution in [1.82, 2.24) is 0 Å². The molecule has 3 N–H and O–H groups in total. The molecule has 0 fully saturated rings. The number of hydrogen-bond acceptors (Lipinski definition) is 6. The van der Waals surface area contributed by atoms with Gasteiger partial charge < -0.3 is 24.6 Å². The van der Waals surface area contributed by atoms with Crippen molar-refractivity contribution in [3.8, 4) is 0 Å². The summed E-state index contributed by atoms with van der Waals surface area (Å²) in [6, 6.07) is 0. The first-order valence-corrected chi connectivity index (χ1v) is 15.5. The van der Waals surface area contributed by atoms with Crippen molar-refractivity contribution < 1.29 is 28.3 Å². The summed E-state index contributed by atoms with van der Waals surface area (Å²) >= 11 is 0. The van der Waals surface area contributed by atoms with Gasteiger partial charge >= 0.3 is 13.6 Å². The normalized spacial score (nSPS) is 15.1. The van der Waals surface area contributed by atoms with Crippen LogP contribution in [0.2, 0.25) is 0 Å². The molecule has 0 aromatic carbocycles. The minimum Gasteiger partial charge on any atom is -0.457 e. The van der Waals surface area contributed by atoms with E-state index in [1.165, 1.54) is 77.0 Å². The van der Waals surface area contributed by atoms with E-state index in [9.17, 15) is 14.3 Å². The SMILES string of the molecule is CCCCCCCCCCCCCCCCOCC(COP(=O)(O)C(C)CN)OC(=O)CCC. The van der Waals surface area contributed by atoms with Gasteiger partial charge in [0.2, 0.25) is 0 Å². The molecule has 0 aliphatic rings. The van der Waals surface area contributed by atoms with Crippen LogP contribution in [0.4, 0.5) is 0 Å². The predicted molar refractivity (Wildman–Crippen MR) is 140 cm³/mol. The second-order valence-corrected chi connectivity index (χ2v) is 11.7. The van der Waals surface area contributed by atoms with E-state index in [4.69, 9.17) is 19.7 Å². The van der Waals surface area contributed by atoms with E-state index < -0.39 is 19.4 Å². The first-order valence-electron chi connectivity index (χ1n) is 13.8. The average molecular weight is 508 g/mol. The molecule has 0 aromatic rings. The van der Waals surface area contributed by atoms with E-state index in [2.05, 4.69) is 6.92 Å². The Morgan fingerprint density at radius 2 is 1.32 bits per heavy atom. The Balaban J connectivity index is 3.85. The first kappa shape index (κ1) is 33.5. The lowest BCUT2D eigenvalue weighted by atomic mass is 10.0. The average Bonchev–Trinajstić information content (AvgIpc) is 2.81. The highest BCUT2D eigenvalue weighted by atomic mass is 31.2. The van der Waals surface area contributed by atoms with Crippen molar-refractivity contribution in [2.45, 2.75) is 135 Å². The topological polar surface area (TPSA) is 108 Å². The van der Waals surface area contributed by atoms with Crippen LogP contribution in [-0.2, 0) is 23.4 Å². The number of hydrogen-bond donors (Lipinski definition) is 2. The van der Waals surface area contributed by atoms with Crippen molar-refractivity contribution in [2.75, 3.05) is 26.4 Å². The predicted octanol–water partition coefficient (Wildman–Crippen LogP) is 6.75. The Labute approximate surface area is 209 Å². The molecule has 0 saturated carbocycles. The van der Waals surface area contributed by atoms with Crippen LogP contribution in [0.25, 0.3) is 0 Å². The largest absolute Gasteiger partial charge is 0.457 e. The molecule has 0 radical (unpaired) electrons. The molecule has 8 heteroatoms. The third-order valence-electron chi connectivity index (χ3n) is 6.04. The molecule has 0 aromatic heterocycles. The molecule has 3 unspecified atom stereocenters. The fourth-order valence-corrected chi connectivity index (χ4v) is 4.53. The number of carbonyl (C=O) groups excluding carboxylic acids is 1. The summed E-state index contributed by atoms with van der Waals surface area (Å²) in [5, 5.41) is 0. The summed E-state index contributed by atoms with van der Waals surface area (Å²) in [5.74, 6) is -0.351. The molecule has 0 aliphatic heterocycles. The van der Waals surface area contributed by atoms with Gasteiger partial charge in [-0.25, -0.2) is 0 Å². The summed E-state index contributed by atoms with van der Waals surface area (Å²) in [4.78, 5) is 21.8. The molecule has 0 saturated heterocycles. The molecule has 204 valence electrons. The lowest BCUT2D eigenvalue weighted by molar-refractivity contribution is -0.154. The van der Waals surface area contributed by atoms with E-state index in [1.807, 2.05) is 6.92 Å². The zero-order valence-electron chi connectivity index (χ0n) is 22.3. The maximum Gasteiger partial charge on any atom is 0.332 e. The van der Waals surface area contributed by atoms with E-state index in [0.717, 1.165) is 12.8 Å². The number of ether oxygens (including phenoxy) is 2. The Hall–Kier alpha value is -0.460. The molecule has 0 heterocycles.